The first-order valence-corrected chi connectivity index (χ1v) is 8.85. The molecule has 1 aromatic rings. The number of hydrogen-bond acceptors (Lipinski definition) is 5. The zero-order chi connectivity index (χ0) is 16.0. The molecule has 1 N–H and O–H groups in total. The molecule has 0 radical (unpaired) electrons. The number of amidine groups is 1. The van der Waals surface area contributed by atoms with Gasteiger partial charge in [0.25, 0.3) is 10.0 Å². The van der Waals surface area contributed by atoms with Gasteiger partial charge in [-0.1, -0.05) is 18.6 Å². The maximum absolute atomic E-state index is 11.9. The molecule has 2 rings (SSSR count). The second-order valence-electron chi connectivity index (χ2n) is 4.95. The van der Waals surface area contributed by atoms with Crippen LogP contribution in [0.1, 0.15) is 38.2 Å². The van der Waals surface area contributed by atoms with E-state index in [1.165, 1.54) is 0 Å². The topological polar surface area (TPSA) is 84.8 Å². The molecular formula is C15H20N2O4S. The van der Waals surface area contributed by atoms with E-state index < -0.39 is 10.0 Å². The molecule has 1 aliphatic heterocycles. The van der Waals surface area contributed by atoms with Crippen LogP contribution in [-0.2, 0) is 19.6 Å². The van der Waals surface area contributed by atoms with E-state index in [-0.39, 0.29) is 10.9 Å². The number of hydrogen-bond donors (Lipinski definition) is 1. The van der Waals surface area contributed by atoms with Crippen LogP contribution in [0, 0.1) is 0 Å². The summed E-state index contributed by atoms with van der Waals surface area (Å²) in [7, 11) is -3.46. The largest absolute Gasteiger partial charge is 0.466 e. The number of unbranched alkanes of at least 4 members (excludes halogenated alkanes) is 2. The Balaban J connectivity index is 1.82. The lowest BCUT2D eigenvalue weighted by atomic mass is 10.2. The third kappa shape index (κ3) is 4.07. The Kier molecular flexibility index (Phi) is 5.54. The molecule has 6 nitrogen and oxygen atoms in total. The van der Waals surface area contributed by atoms with Gasteiger partial charge in [-0.25, -0.2) is 8.42 Å². The fraction of sp³-hybridized carbons (Fsp3) is 0.467. The summed E-state index contributed by atoms with van der Waals surface area (Å²) in [6, 6.07) is 6.79. The van der Waals surface area contributed by atoms with Gasteiger partial charge in [-0.05, 0) is 31.9 Å². The summed E-state index contributed by atoms with van der Waals surface area (Å²) in [5.74, 6) is 0.229. The average Bonchev–Trinajstić information content (AvgIpc) is 2.75. The Labute approximate surface area is 130 Å². The molecule has 1 aliphatic rings. The van der Waals surface area contributed by atoms with Crippen molar-refractivity contribution in [3.05, 3.63) is 29.8 Å². The van der Waals surface area contributed by atoms with Gasteiger partial charge in [-0.3, -0.25) is 14.5 Å². The molecule has 0 spiro atoms. The number of rotatable bonds is 7. The molecule has 0 saturated carbocycles. The molecule has 1 aromatic carbocycles. The molecule has 0 bridgehead atoms. The van der Waals surface area contributed by atoms with Crippen molar-refractivity contribution < 1.29 is 17.9 Å². The molecule has 0 fully saturated rings. The number of carbonyl (C=O) groups excluding carboxylic acids is 1. The molecule has 0 amide bonds. The smallest absolute Gasteiger partial charge is 0.305 e. The van der Waals surface area contributed by atoms with Gasteiger partial charge >= 0.3 is 5.97 Å². The summed E-state index contributed by atoms with van der Waals surface area (Å²) in [6.07, 6.45) is 2.82. The van der Waals surface area contributed by atoms with Crippen molar-refractivity contribution in [2.24, 2.45) is 4.99 Å². The first-order valence-electron chi connectivity index (χ1n) is 7.37. The summed E-state index contributed by atoms with van der Waals surface area (Å²) in [4.78, 5) is 15.8. The summed E-state index contributed by atoms with van der Waals surface area (Å²) in [5.41, 5.74) is 0.619. The highest BCUT2D eigenvalue weighted by Crippen LogP contribution is 2.22. The first-order chi connectivity index (χ1) is 10.5. The SMILES string of the molecule is CCOC(=O)CCCCCN=C1NS(=O)(=O)c2ccccc21. The number of nitrogens with zero attached hydrogens (tertiary/aromatic N) is 1. The highest BCUT2D eigenvalue weighted by atomic mass is 32.2. The maximum Gasteiger partial charge on any atom is 0.305 e. The summed E-state index contributed by atoms with van der Waals surface area (Å²) in [6.45, 7) is 2.72. The molecule has 120 valence electrons. The van der Waals surface area contributed by atoms with Gasteiger partial charge < -0.3 is 4.74 Å². The van der Waals surface area contributed by atoms with E-state index in [0.717, 1.165) is 19.3 Å². The average molecular weight is 324 g/mol. The van der Waals surface area contributed by atoms with Crippen LogP contribution in [0.2, 0.25) is 0 Å². The second-order valence-corrected chi connectivity index (χ2v) is 6.60. The van der Waals surface area contributed by atoms with Crippen molar-refractivity contribution in [2.75, 3.05) is 13.2 Å². The van der Waals surface area contributed by atoms with Crippen LogP contribution in [0.3, 0.4) is 0 Å². The quantitative estimate of drug-likeness (QED) is 0.613. The Morgan fingerprint density at radius 3 is 2.77 bits per heavy atom. The first kappa shape index (κ1) is 16.5. The van der Waals surface area contributed by atoms with Crippen LogP contribution in [0.25, 0.3) is 0 Å². The predicted octanol–water partition coefficient (Wildman–Crippen LogP) is 1.85. The lowest BCUT2D eigenvalue weighted by Crippen LogP contribution is -2.22. The number of fused-ring (bicyclic) bond motifs is 1. The number of carbonyl (C=O) groups is 1. The van der Waals surface area contributed by atoms with E-state index in [1.54, 1.807) is 31.2 Å². The molecule has 7 heteroatoms. The van der Waals surface area contributed by atoms with Crippen molar-refractivity contribution in [1.29, 1.82) is 0 Å². The minimum Gasteiger partial charge on any atom is -0.466 e. The number of esters is 1. The van der Waals surface area contributed by atoms with Crippen LogP contribution < -0.4 is 4.72 Å². The minimum absolute atomic E-state index is 0.175. The summed E-state index contributed by atoms with van der Waals surface area (Å²) >= 11 is 0. The highest BCUT2D eigenvalue weighted by Gasteiger charge is 2.29. The Bertz CT molecular complexity index is 668. The van der Waals surface area contributed by atoms with Gasteiger partial charge in [0.2, 0.25) is 0 Å². The van der Waals surface area contributed by atoms with Gasteiger partial charge in [-0.15, -0.1) is 0 Å². The zero-order valence-corrected chi connectivity index (χ0v) is 13.4. The minimum atomic E-state index is -3.46. The fourth-order valence-corrected chi connectivity index (χ4v) is 3.48. The van der Waals surface area contributed by atoms with Crippen molar-refractivity contribution in [1.82, 2.24) is 4.72 Å². The molecule has 0 atom stereocenters. The number of benzene rings is 1. The third-order valence-electron chi connectivity index (χ3n) is 3.28. The summed E-state index contributed by atoms with van der Waals surface area (Å²) in [5, 5.41) is 0. The monoisotopic (exact) mass is 324 g/mol. The molecular weight excluding hydrogens is 304 g/mol. The second kappa shape index (κ2) is 7.40. The lowest BCUT2D eigenvalue weighted by Gasteiger charge is -2.01. The standard InChI is InChI=1S/C15H20N2O4S/c1-2-21-14(18)10-4-3-7-11-16-15-12-8-5-6-9-13(12)22(19,20)17-15/h5-6,8-9H,2-4,7,10-11H2,1H3,(H,16,17). The predicted molar refractivity (Wildman–Crippen MR) is 83.3 cm³/mol. The van der Waals surface area contributed by atoms with Gasteiger partial charge in [0.1, 0.15) is 5.84 Å². The normalized spacial score (nSPS) is 17.0. The van der Waals surface area contributed by atoms with E-state index >= 15 is 0 Å². The molecule has 0 aliphatic carbocycles. The lowest BCUT2D eigenvalue weighted by molar-refractivity contribution is -0.143. The zero-order valence-electron chi connectivity index (χ0n) is 12.5. The Morgan fingerprint density at radius 1 is 1.23 bits per heavy atom. The fourth-order valence-electron chi connectivity index (χ4n) is 2.23. The molecule has 0 unspecified atom stereocenters. The molecule has 1 heterocycles. The van der Waals surface area contributed by atoms with Crippen LogP contribution in [0.15, 0.2) is 34.2 Å². The third-order valence-corrected chi connectivity index (χ3v) is 4.67. The van der Waals surface area contributed by atoms with Crippen molar-refractivity contribution >= 4 is 21.8 Å². The van der Waals surface area contributed by atoms with E-state index in [9.17, 15) is 13.2 Å². The van der Waals surface area contributed by atoms with Gasteiger partial charge in [0.05, 0.1) is 11.5 Å². The van der Waals surface area contributed by atoms with Crippen LogP contribution >= 0.6 is 0 Å². The number of aliphatic imine (C=N–C) groups is 1. The number of ether oxygens (including phenoxy) is 1. The van der Waals surface area contributed by atoms with Crippen LogP contribution in [0.4, 0.5) is 0 Å². The van der Waals surface area contributed by atoms with Crippen LogP contribution in [-0.4, -0.2) is 33.4 Å². The van der Waals surface area contributed by atoms with Crippen molar-refractivity contribution in [2.45, 2.75) is 37.5 Å². The summed E-state index contributed by atoms with van der Waals surface area (Å²) < 4.78 is 31.1. The van der Waals surface area contributed by atoms with Gasteiger partial charge in [-0.2, -0.15) is 0 Å². The Morgan fingerprint density at radius 2 is 2.00 bits per heavy atom. The van der Waals surface area contributed by atoms with E-state index in [2.05, 4.69) is 9.71 Å². The van der Waals surface area contributed by atoms with Crippen molar-refractivity contribution in [3.8, 4) is 0 Å². The molecule has 0 aromatic heterocycles. The molecule has 22 heavy (non-hydrogen) atoms. The Hall–Kier alpha value is -1.89. The number of nitrogens with one attached hydrogen (secondary N) is 1. The maximum atomic E-state index is 11.9. The van der Waals surface area contributed by atoms with E-state index in [4.69, 9.17) is 4.74 Å². The van der Waals surface area contributed by atoms with Crippen molar-refractivity contribution in [3.63, 3.8) is 0 Å². The highest BCUT2D eigenvalue weighted by molar-refractivity contribution is 7.90. The number of sulfonamides is 1. The van der Waals surface area contributed by atoms with Gasteiger partial charge in [0.15, 0.2) is 0 Å². The van der Waals surface area contributed by atoms with E-state index in [1.807, 2.05) is 0 Å². The van der Waals surface area contributed by atoms with Crippen LogP contribution in [0.5, 0.6) is 0 Å². The van der Waals surface area contributed by atoms with Gasteiger partial charge in [0, 0.05) is 18.5 Å². The molecule has 0 saturated heterocycles. The van der Waals surface area contributed by atoms with E-state index in [0.29, 0.717) is 31.0 Å².